The second-order valence-corrected chi connectivity index (χ2v) is 5.83. The van der Waals surface area contributed by atoms with Crippen molar-refractivity contribution in [3.05, 3.63) is 36.7 Å². The predicted octanol–water partition coefficient (Wildman–Crippen LogP) is 2.57. The summed E-state index contributed by atoms with van der Waals surface area (Å²) in [5.41, 5.74) is 0.638. The normalized spacial score (nSPS) is 16.7. The first-order valence-corrected chi connectivity index (χ1v) is 8.42. The van der Waals surface area contributed by atoms with Gasteiger partial charge in [0.2, 0.25) is 0 Å². The highest BCUT2D eigenvalue weighted by molar-refractivity contribution is 5.91. The van der Waals surface area contributed by atoms with E-state index < -0.39 is 0 Å². The van der Waals surface area contributed by atoms with Crippen molar-refractivity contribution in [2.24, 2.45) is 0 Å². The van der Waals surface area contributed by atoms with Crippen molar-refractivity contribution in [2.75, 3.05) is 32.6 Å². The first-order valence-electron chi connectivity index (χ1n) is 8.42. The molecule has 1 saturated heterocycles. The van der Waals surface area contributed by atoms with Gasteiger partial charge in [0.25, 0.3) is 11.8 Å². The van der Waals surface area contributed by atoms with Crippen LogP contribution >= 0.6 is 0 Å². The maximum Gasteiger partial charge on any atom is 0.322 e. The molecule has 0 aliphatic carbocycles. The monoisotopic (exact) mass is 358 g/mol. The number of anilines is 1. The highest BCUT2D eigenvalue weighted by Crippen LogP contribution is 2.26. The number of benzene rings is 1. The van der Waals surface area contributed by atoms with Crippen molar-refractivity contribution in [1.82, 2.24) is 14.9 Å². The smallest absolute Gasteiger partial charge is 0.322 e. The van der Waals surface area contributed by atoms with Gasteiger partial charge in [-0.25, -0.2) is 14.8 Å². The van der Waals surface area contributed by atoms with Crippen LogP contribution < -0.4 is 19.5 Å². The molecule has 1 aliphatic heterocycles. The Morgan fingerprint density at radius 2 is 1.92 bits per heavy atom. The molecule has 1 atom stereocenters. The molecule has 1 aliphatic rings. The Labute approximate surface area is 152 Å². The summed E-state index contributed by atoms with van der Waals surface area (Å²) in [5.74, 6) is 1.30. The number of aromatic nitrogens is 2. The number of piperidine rings is 1. The lowest BCUT2D eigenvalue weighted by atomic mass is 10.1. The second kappa shape index (κ2) is 8.37. The third-order valence-corrected chi connectivity index (χ3v) is 4.12. The Balaban J connectivity index is 1.63. The van der Waals surface area contributed by atoms with Crippen molar-refractivity contribution in [1.29, 1.82) is 0 Å². The first-order chi connectivity index (χ1) is 12.7. The standard InChI is InChI=1S/C18H22N4O4/c1-24-15-8-4-3-7-14(15)21-18(23)22-11-5-6-13(12-22)26-17-16(25-2)19-9-10-20-17/h3-4,7-10,13H,5-6,11-12H2,1-2H3,(H,21,23). The molecule has 26 heavy (non-hydrogen) atoms. The Morgan fingerprint density at radius 3 is 2.69 bits per heavy atom. The van der Waals surface area contributed by atoms with Crippen LogP contribution in [0.5, 0.6) is 17.5 Å². The third-order valence-electron chi connectivity index (χ3n) is 4.12. The van der Waals surface area contributed by atoms with Gasteiger partial charge in [0.1, 0.15) is 11.9 Å². The highest BCUT2D eigenvalue weighted by atomic mass is 16.5. The molecule has 8 nitrogen and oxygen atoms in total. The van der Waals surface area contributed by atoms with Gasteiger partial charge in [-0.15, -0.1) is 0 Å². The van der Waals surface area contributed by atoms with Gasteiger partial charge in [-0.05, 0) is 25.0 Å². The lowest BCUT2D eigenvalue weighted by Gasteiger charge is -2.32. The molecule has 2 amide bonds. The Morgan fingerprint density at radius 1 is 1.15 bits per heavy atom. The van der Waals surface area contributed by atoms with E-state index in [9.17, 15) is 4.79 Å². The summed E-state index contributed by atoms with van der Waals surface area (Å²) in [6.45, 7) is 1.12. The van der Waals surface area contributed by atoms with Crippen LogP contribution in [0.1, 0.15) is 12.8 Å². The average Bonchev–Trinajstić information content (AvgIpc) is 2.69. The van der Waals surface area contributed by atoms with Crippen LogP contribution in [0.15, 0.2) is 36.7 Å². The van der Waals surface area contributed by atoms with Crippen LogP contribution in [0.4, 0.5) is 10.5 Å². The molecular formula is C18H22N4O4. The van der Waals surface area contributed by atoms with E-state index in [1.807, 2.05) is 12.1 Å². The predicted molar refractivity (Wildman–Crippen MR) is 95.8 cm³/mol. The molecule has 8 heteroatoms. The maximum absolute atomic E-state index is 12.6. The second-order valence-electron chi connectivity index (χ2n) is 5.83. The SMILES string of the molecule is COc1ccccc1NC(=O)N1CCCC(Oc2nccnc2OC)C1. The number of methoxy groups -OCH3 is 2. The van der Waals surface area contributed by atoms with Gasteiger partial charge in [0.05, 0.1) is 26.5 Å². The number of hydrogen-bond acceptors (Lipinski definition) is 6. The molecule has 1 aromatic carbocycles. The van der Waals surface area contributed by atoms with Gasteiger partial charge >= 0.3 is 6.03 Å². The number of para-hydroxylation sites is 2. The molecular weight excluding hydrogens is 336 g/mol. The van der Waals surface area contributed by atoms with E-state index >= 15 is 0 Å². The van der Waals surface area contributed by atoms with E-state index in [2.05, 4.69) is 15.3 Å². The van der Waals surface area contributed by atoms with Gasteiger partial charge in [-0.2, -0.15) is 0 Å². The van der Waals surface area contributed by atoms with Gasteiger partial charge in [-0.3, -0.25) is 0 Å². The van der Waals surface area contributed by atoms with E-state index in [0.717, 1.165) is 12.8 Å². The Bertz CT molecular complexity index is 755. The van der Waals surface area contributed by atoms with Crippen LogP contribution in [0, 0.1) is 0 Å². The number of likely N-dealkylation sites (tertiary alicyclic amines) is 1. The third kappa shape index (κ3) is 4.14. The molecule has 2 heterocycles. The first kappa shape index (κ1) is 17.8. The lowest BCUT2D eigenvalue weighted by molar-refractivity contribution is 0.0988. The molecule has 1 N–H and O–H groups in total. The number of carbonyl (C=O) groups excluding carboxylic acids is 1. The number of ether oxygens (including phenoxy) is 3. The summed E-state index contributed by atoms with van der Waals surface area (Å²) >= 11 is 0. The van der Waals surface area contributed by atoms with Crippen LogP contribution in [0.2, 0.25) is 0 Å². The largest absolute Gasteiger partial charge is 0.495 e. The van der Waals surface area contributed by atoms with Gasteiger partial charge in [0, 0.05) is 18.9 Å². The van der Waals surface area contributed by atoms with Crippen LogP contribution in [-0.2, 0) is 0 Å². The van der Waals surface area contributed by atoms with Crippen molar-refractivity contribution < 1.29 is 19.0 Å². The molecule has 138 valence electrons. The van der Waals surface area contributed by atoms with Gasteiger partial charge in [0.15, 0.2) is 0 Å². The Kier molecular flexibility index (Phi) is 5.73. The fraction of sp³-hybridized carbons (Fsp3) is 0.389. The van der Waals surface area contributed by atoms with Crippen LogP contribution in [0.25, 0.3) is 0 Å². The molecule has 0 spiro atoms. The zero-order valence-electron chi connectivity index (χ0n) is 14.8. The molecule has 1 unspecified atom stereocenters. The lowest BCUT2D eigenvalue weighted by Crippen LogP contribution is -2.46. The molecule has 3 rings (SSSR count). The summed E-state index contributed by atoms with van der Waals surface area (Å²) < 4.78 is 16.3. The summed E-state index contributed by atoms with van der Waals surface area (Å²) in [5, 5.41) is 2.89. The van der Waals surface area contributed by atoms with Gasteiger partial charge < -0.3 is 24.4 Å². The summed E-state index contributed by atoms with van der Waals surface area (Å²) in [6.07, 6.45) is 4.59. The van der Waals surface area contributed by atoms with Crippen molar-refractivity contribution in [2.45, 2.75) is 18.9 Å². The summed E-state index contributed by atoms with van der Waals surface area (Å²) in [6, 6.07) is 7.12. The number of amides is 2. The van der Waals surface area contributed by atoms with Gasteiger partial charge in [-0.1, -0.05) is 12.1 Å². The van der Waals surface area contributed by atoms with E-state index in [0.29, 0.717) is 36.3 Å². The average molecular weight is 358 g/mol. The van der Waals surface area contributed by atoms with E-state index in [1.54, 1.807) is 36.5 Å². The van der Waals surface area contributed by atoms with Crippen LogP contribution in [-0.4, -0.2) is 54.3 Å². The molecule has 2 aromatic rings. The number of urea groups is 1. The molecule has 1 fully saturated rings. The molecule has 0 bridgehead atoms. The van der Waals surface area contributed by atoms with Crippen LogP contribution in [0.3, 0.4) is 0 Å². The summed E-state index contributed by atoms with van der Waals surface area (Å²) in [4.78, 5) is 22.6. The zero-order chi connectivity index (χ0) is 18.4. The van der Waals surface area contributed by atoms with E-state index in [-0.39, 0.29) is 12.1 Å². The molecule has 0 radical (unpaired) electrons. The number of carbonyl (C=O) groups is 1. The van der Waals surface area contributed by atoms with Crippen molar-refractivity contribution in [3.63, 3.8) is 0 Å². The van der Waals surface area contributed by atoms with Crippen molar-refractivity contribution in [3.8, 4) is 17.5 Å². The fourth-order valence-electron chi connectivity index (χ4n) is 2.85. The minimum atomic E-state index is -0.186. The zero-order valence-corrected chi connectivity index (χ0v) is 14.8. The quantitative estimate of drug-likeness (QED) is 0.884. The minimum absolute atomic E-state index is 0.169. The number of nitrogens with one attached hydrogen (secondary N) is 1. The number of rotatable bonds is 5. The fourth-order valence-corrected chi connectivity index (χ4v) is 2.85. The van der Waals surface area contributed by atoms with Crippen molar-refractivity contribution >= 4 is 11.7 Å². The minimum Gasteiger partial charge on any atom is -0.495 e. The number of hydrogen-bond donors (Lipinski definition) is 1. The maximum atomic E-state index is 12.6. The van der Waals surface area contributed by atoms with E-state index in [1.165, 1.54) is 7.11 Å². The highest BCUT2D eigenvalue weighted by Gasteiger charge is 2.26. The molecule has 1 aromatic heterocycles. The molecule has 0 saturated carbocycles. The topological polar surface area (TPSA) is 85.8 Å². The summed E-state index contributed by atoms with van der Waals surface area (Å²) in [7, 11) is 3.09. The Hall–Kier alpha value is -3.03. The number of nitrogens with zero attached hydrogens (tertiary/aromatic N) is 3. The van der Waals surface area contributed by atoms with E-state index in [4.69, 9.17) is 14.2 Å².